The number of halogens is 1. The Balaban J connectivity index is 2.18. The Kier molecular flexibility index (Phi) is 3.03. The fourth-order valence-electron chi connectivity index (χ4n) is 2.23. The molecule has 0 radical (unpaired) electrons. The maximum atomic E-state index is 6.35. The van der Waals surface area contributed by atoms with Gasteiger partial charge in [-0.15, -0.1) is 0 Å². The first-order valence-corrected chi connectivity index (χ1v) is 6.81. The largest absolute Gasteiger partial charge is 0.338 e. The molecule has 0 saturated heterocycles. The van der Waals surface area contributed by atoms with Gasteiger partial charge in [0.15, 0.2) is 0 Å². The van der Waals surface area contributed by atoms with Gasteiger partial charge in [-0.1, -0.05) is 36.7 Å². The van der Waals surface area contributed by atoms with Crippen molar-refractivity contribution in [2.45, 2.75) is 20.3 Å². The quantitative estimate of drug-likeness (QED) is 0.715. The van der Waals surface area contributed by atoms with E-state index in [-0.39, 0.29) is 0 Å². The van der Waals surface area contributed by atoms with Gasteiger partial charge in [-0.2, -0.15) is 0 Å². The molecule has 0 aliphatic carbocycles. The van der Waals surface area contributed by atoms with Crippen LogP contribution in [0.4, 0.5) is 0 Å². The number of aromatic nitrogens is 2. The van der Waals surface area contributed by atoms with Crippen molar-refractivity contribution in [2.75, 3.05) is 0 Å². The van der Waals surface area contributed by atoms with Crippen LogP contribution in [0, 0.1) is 6.92 Å². The number of hydrogen-bond donors (Lipinski definition) is 1. The minimum Gasteiger partial charge on any atom is -0.338 e. The van der Waals surface area contributed by atoms with E-state index in [1.165, 1.54) is 5.56 Å². The summed E-state index contributed by atoms with van der Waals surface area (Å²) in [6, 6.07) is 12.3. The molecule has 0 unspecified atom stereocenters. The topological polar surface area (TPSA) is 28.7 Å². The molecule has 0 amide bonds. The summed E-state index contributed by atoms with van der Waals surface area (Å²) >= 11 is 6.35. The number of fused-ring (bicyclic) bond motifs is 1. The first-order valence-electron chi connectivity index (χ1n) is 6.43. The summed E-state index contributed by atoms with van der Waals surface area (Å²) in [5.41, 5.74) is 5.36. The molecule has 1 heterocycles. The summed E-state index contributed by atoms with van der Waals surface area (Å²) in [6.07, 6.45) is 1.02. The number of rotatable bonds is 2. The van der Waals surface area contributed by atoms with Crippen molar-refractivity contribution in [1.29, 1.82) is 0 Å². The Morgan fingerprint density at radius 1 is 1.21 bits per heavy atom. The van der Waals surface area contributed by atoms with Crippen LogP contribution in [0.25, 0.3) is 22.4 Å². The predicted octanol–water partition coefficient (Wildman–Crippen LogP) is 4.75. The number of aromatic amines is 1. The molecule has 0 spiro atoms. The van der Waals surface area contributed by atoms with Gasteiger partial charge in [-0.05, 0) is 42.7 Å². The van der Waals surface area contributed by atoms with Crippen molar-refractivity contribution in [3.63, 3.8) is 0 Å². The Hall–Kier alpha value is -1.80. The number of nitrogens with zero attached hydrogens (tertiary/aromatic N) is 1. The second kappa shape index (κ2) is 4.71. The average Bonchev–Trinajstić information content (AvgIpc) is 2.84. The third-order valence-corrected chi connectivity index (χ3v) is 3.90. The first kappa shape index (κ1) is 12.2. The summed E-state index contributed by atoms with van der Waals surface area (Å²) in [7, 11) is 0. The van der Waals surface area contributed by atoms with E-state index < -0.39 is 0 Å². The van der Waals surface area contributed by atoms with Crippen molar-refractivity contribution in [3.8, 4) is 11.4 Å². The van der Waals surface area contributed by atoms with E-state index in [1.54, 1.807) is 0 Å². The van der Waals surface area contributed by atoms with E-state index in [2.05, 4.69) is 35.1 Å². The summed E-state index contributed by atoms with van der Waals surface area (Å²) in [5.74, 6) is 0.831. The van der Waals surface area contributed by atoms with Crippen LogP contribution >= 0.6 is 11.6 Å². The molecule has 0 bridgehead atoms. The molecule has 0 aliphatic rings. The molecule has 3 heteroatoms. The Labute approximate surface area is 117 Å². The zero-order valence-electron chi connectivity index (χ0n) is 11.0. The molecular weight excluding hydrogens is 256 g/mol. The van der Waals surface area contributed by atoms with Crippen molar-refractivity contribution in [2.24, 2.45) is 0 Å². The summed E-state index contributed by atoms with van der Waals surface area (Å²) in [4.78, 5) is 7.98. The smallest absolute Gasteiger partial charge is 0.140 e. The van der Waals surface area contributed by atoms with Gasteiger partial charge in [0.05, 0.1) is 16.1 Å². The van der Waals surface area contributed by atoms with Crippen LogP contribution in [0.3, 0.4) is 0 Å². The molecule has 2 nitrogen and oxygen atoms in total. The maximum absolute atomic E-state index is 6.35. The zero-order chi connectivity index (χ0) is 13.4. The van der Waals surface area contributed by atoms with E-state index >= 15 is 0 Å². The molecule has 96 valence electrons. The third kappa shape index (κ3) is 2.13. The molecule has 1 aromatic heterocycles. The number of hydrogen-bond acceptors (Lipinski definition) is 1. The van der Waals surface area contributed by atoms with Gasteiger partial charge in [0.25, 0.3) is 0 Å². The summed E-state index contributed by atoms with van der Waals surface area (Å²) in [5, 5.41) is 0.761. The maximum Gasteiger partial charge on any atom is 0.140 e. The highest BCUT2D eigenvalue weighted by molar-refractivity contribution is 6.34. The van der Waals surface area contributed by atoms with Crippen LogP contribution in [0.2, 0.25) is 5.02 Å². The number of benzene rings is 2. The van der Waals surface area contributed by atoms with E-state index in [4.69, 9.17) is 11.6 Å². The zero-order valence-corrected chi connectivity index (χ0v) is 11.8. The highest BCUT2D eigenvalue weighted by Gasteiger charge is 2.10. The highest BCUT2D eigenvalue weighted by Crippen LogP contribution is 2.30. The minimum absolute atomic E-state index is 0.761. The van der Waals surface area contributed by atoms with Crippen LogP contribution in [0.5, 0.6) is 0 Å². The third-order valence-electron chi connectivity index (χ3n) is 3.40. The molecule has 3 rings (SSSR count). The fourth-order valence-corrected chi connectivity index (χ4v) is 2.45. The lowest BCUT2D eigenvalue weighted by molar-refractivity contribution is 1.14. The first-order chi connectivity index (χ1) is 9.19. The van der Waals surface area contributed by atoms with Crippen LogP contribution in [0.15, 0.2) is 36.4 Å². The van der Waals surface area contributed by atoms with Crippen molar-refractivity contribution >= 4 is 22.6 Å². The number of nitrogens with one attached hydrogen (secondary N) is 1. The molecule has 0 fully saturated rings. The van der Waals surface area contributed by atoms with Crippen molar-refractivity contribution in [1.82, 2.24) is 9.97 Å². The number of imidazole rings is 1. The second-order valence-corrected chi connectivity index (χ2v) is 5.10. The van der Waals surface area contributed by atoms with Crippen molar-refractivity contribution < 1.29 is 0 Å². The van der Waals surface area contributed by atoms with Gasteiger partial charge >= 0.3 is 0 Å². The SMILES string of the molecule is CCc1ccc2nc(-c3cccc(C)c3Cl)[nH]c2c1. The predicted molar refractivity (Wildman–Crippen MR) is 80.7 cm³/mol. The second-order valence-electron chi connectivity index (χ2n) is 4.73. The normalized spacial score (nSPS) is 11.1. The van der Waals surface area contributed by atoms with Gasteiger partial charge < -0.3 is 4.98 Å². The molecule has 1 N–H and O–H groups in total. The van der Waals surface area contributed by atoms with Gasteiger partial charge in [0, 0.05) is 5.56 Å². The van der Waals surface area contributed by atoms with Crippen molar-refractivity contribution in [3.05, 3.63) is 52.5 Å². The van der Waals surface area contributed by atoms with Gasteiger partial charge in [0.1, 0.15) is 5.82 Å². The monoisotopic (exact) mass is 270 g/mol. The van der Waals surface area contributed by atoms with Gasteiger partial charge in [-0.3, -0.25) is 0 Å². The number of aryl methyl sites for hydroxylation is 2. The van der Waals surface area contributed by atoms with Crippen LogP contribution in [-0.4, -0.2) is 9.97 Å². The van der Waals surface area contributed by atoms with Crippen LogP contribution < -0.4 is 0 Å². The highest BCUT2D eigenvalue weighted by atomic mass is 35.5. The molecule has 3 aromatic rings. The molecular formula is C16H15ClN2. The van der Waals surface area contributed by atoms with Gasteiger partial charge in [-0.25, -0.2) is 4.98 Å². The molecule has 0 saturated carbocycles. The fraction of sp³-hybridized carbons (Fsp3) is 0.188. The van der Waals surface area contributed by atoms with E-state index in [0.717, 1.165) is 39.4 Å². The van der Waals surface area contributed by atoms with E-state index in [1.807, 2.05) is 25.1 Å². The van der Waals surface area contributed by atoms with E-state index in [9.17, 15) is 0 Å². The van der Waals surface area contributed by atoms with Gasteiger partial charge in [0.2, 0.25) is 0 Å². The summed E-state index contributed by atoms with van der Waals surface area (Å²) < 4.78 is 0. The molecule has 0 atom stereocenters. The molecule has 19 heavy (non-hydrogen) atoms. The number of H-pyrrole nitrogens is 1. The Morgan fingerprint density at radius 3 is 2.84 bits per heavy atom. The Bertz CT molecular complexity index is 744. The lowest BCUT2D eigenvalue weighted by atomic mass is 10.1. The molecule has 0 aliphatic heterocycles. The average molecular weight is 271 g/mol. The molecule has 2 aromatic carbocycles. The van der Waals surface area contributed by atoms with Crippen LogP contribution in [0.1, 0.15) is 18.1 Å². The Morgan fingerprint density at radius 2 is 2.05 bits per heavy atom. The standard InChI is InChI=1S/C16H15ClN2/c1-3-11-7-8-13-14(9-11)19-16(18-13)12-6-4-5-10(2)15(12)17/h4-9H,3H2,1-2H3,(H,18,19). The lowest BCUT2D eigenvalue weighted by Crippen LogP contribution is -1.84. The lowest BCUT2D eigenvalue weighted by Gasteiger charge is -2.02. The minimum atomic E-state index is 0.761. The summed E-state index contributed by atoms with van der Waals surface area (Å²) in [6.45, 7) is 4.15. The van der Waals surface area contributed by atoms with Crippen LogP contribution in [-0.2, 0) is 6.42 Å². The van der Waals surface area contributed by atoms with E-state index in [0.29, 0.717) is 0 Å².